The summed E-state index contributed by atoms with van der Waals surface area (Å²) in [6, 6.07) is -0.273. The molecule has 3 heterocycles. The lowest BCUT2D eigenvalue weighted by molar-refractivity contribution is 0.0840. The van der Waals surface area contributed by atoms with Crippen LogP contribution in [0.25, 0.3) is 0 Å². The molecule has 0 spiro atoms. The van der Waals surface area contributed by atoms with E-state index in [4.69, 9.17) is 0 Å². The highest BCUT2D eigenvalue weighted by Crippen LogP contribution is 2.26. The van der Waals surface area contributed by atoms with Gasteiger partial charge in [-0.1, -0.05) is 6.92 Å². The first kappa shape index (κ1) is 17.5. The molecular formula is C16H23F2N7. The lowest BCUT2D eigenvalue weighted by Gasteiger charge is -2.34. The highest BCUT2D eigenvalue weighted by molar-refractivity contribution is 5.52. The van der Waals surface area contributed by atoms with Crippen molar-refractivity contribution in [1.82, 2.24) is 24.6 Å². The van der Waals surface area contributed by atoms with E-state index >= 15 is 0 Å². The van der Waals surface area contributed by atoms with Gasteiger partial charge < -0.3 is 15.5 Å². The summed E-state index contributed by atoms with van der Waals surface area (Å²) in [5.74, 6) is -0.167. The Morgan fingerprint density at radius 3 is 2.92 bits per heavy atom. The highest BCUT2D eigenvalue weighted by Gasteiger charge is 2.30. The number of aromatic nitrogens is 4. The summed E-state index contributed by atoms with van der Waals surface area (Å²) in [5, 5.41) is 9.89. The van der Waals surface area contributed by atoms with Gasteiger partial charge in [-0.05, 0) is 19.4 Å². The molecule has 2 aromatic heterocycles. The fourth-order valence-corrected chi connectivity index (χ4v) is 3.09. The van der Waals surface area contributed by atoms with Gasteiger partial charge in [-0.15, -0.1) is 0 Å². The summed E-state index contributed by atoms with van der Waals surface area (Å²) < 4.78 is 29.5. The van der Waals surface area contributed by atoms with Crippen molar-refractivity contribution in [3.63, 3.8) is 0 Å². The Hall–Kier alpha value is -2.29. The molecule has 0 aliphatic carbocycles. The third-order valence-corrected chi connectivity index (χ3v) is 4.31. The number of rotatable bonds is 6. The normalized spacial score (nSPS) is 21.3. The van der Waals surface area contributed by atoms with Crippen LogP contribution in [-0.2, 0) is 0 Å². The zero-order chi connectivity index (χ0) is 17.8. The molecule has 0 aromatic carbocycles. The maximum atomic E-state index is 14.5. The lowest BCUT2D eigenvalue weighted by atomic mass is 10.0. The molecule has 136 valence electrons. The number of anilines is 3. The van der Waals surface area contributed by atoms with Crippen LogP contribution in [0, 0.1) is 5.82 Å². The van der Waals surface area contributed by atoms with Crippen molar-refractivity contribution in [3.05, 3.63) is 24.4 Å². The van der Waals surface area contributed by atoms with Gasteiger partial charge in [0.05, 0.1) is 24.1 Å². The Labute approximate surface area is 145 Å². The fraction of sp³-hybridized carbons (Fsp3) is 0.562. The largest absolute Gasteiger partial charge is 0.371 e. The molecule has 0 unspecified atom stereocenters. The van der Waals surface area contributed by atoms with Crippen LogP contribution in [0.4, 0.5) is 26.2 Å². The molecule has 2 aromatic rings. The Morgan fingerprint density at radius 2 is 2.20 bits per heavy atom. The Kier molecular flexibility index (Phi) is 5.42. The first-order chi connectivity index (χ1) is 12.1. The maximum absolute atomic E-state index is 14.5. The Bertz CT molecular complexity index is 706. The maximum Gasteiger partial charge on any atom is 0.229 e. The number of piperidine rings is 1. The van der Waals surface area contributed by atoms with E-state index in [0.29, 0.717) is 12.2 Å². The van der Waals surface area contributed by atoms with Gasteiger partial charge in [0.1, 0.15) is 6.17 Å². The molecule has 1 aliphatic rings. The molecule has 2 atom stereocenters. The Balaban J connectivity index is 1.66. The minimum Gasteiger partial charge on any atom is -0.371 e. The van der Waals surface area contributed by atoms with E-state index in [-0.39, 0.29) is 17.8 Å². The van der Waals surface area contributed by atoms with Crippen LogP contribution in [0.1, 0.15) is 25.8 Å². The van der Waals surface area contributed by atoms with Crippen molar-refractivity contribution < 1.29 is 8.78 Å². The second-order valence-electron chi connectivity index (χ2n) is 6.15. The summed E-state index contributed by atoms with van der Waals surface area (Å²) in [6.07, 6.45) is 5.21. The second kappa shape index (κ2) is 7.73. The van der Waals surface area contributed by atoms with Crippen LogP contribution in [-0.4, -0.2) is 57.5 Å². The van der Waals surface area contributed by atoms with Crippen molar-refractivity contribution in [2.24, 2.45) is 0 Å². The molecule has 9 heteroatoms. The van der Waals surface area contributed by atoms with Gasteiger partial charge in [0.25, 0.3) is 0 Å². The molecule has 0 bridgehead atoms. The van der Waals surface area contributed by atoms with Crippen LogP contribution in [0.3, 0.4) is 0 Å². The number of halogens is 2. The van der Waals surface area contributed by atoms with Gasteiger partial charge in [-0.3, -0.25) is 4.68 Å². The van der Waals surface area contributed by atoms with Crippen LogP contribution in [0.5, 0.6) is 0 Å². The molecule has 25 heavy (non-hydrogen) atoms. The monoisotopic (exact) mass is 351 g/mol. The first-order valence-electron chi connectivity index (χ1n) is 8.48. The minimum atomic E-state index is -0.953. The Morgan fingerprint density at radius 1 is 1.36 bits per heavy atom. The third kappa shape index (κ3) is 4.04. The lowest BCUT2D eigenvalue weighted by Crippen LogP contribution is -2.43. The zero-order valence-corrected chi connectivity index (χ0v) is 14.4. The number of hydrogen-bond donors (Lipinski definition) is 2. The number of nitrogens with zero attached hydrogens (tertiary/aromatic N) is 5. The zero-order valence-electron chi connectivity index (χ0n) is 14.4. The quantitative estimate of drug-likeness (QED) is 0.834. The minimum absolute atomic E-state index is 0.108. The average Bonchev–Trinajstić information content (AvgIpc) is 3.05. The number of hydrogen-bond acceptors (Lipinski definition) is 6. The van der Waals surface area contributed by atoms with Gasteiger partial charge in [0.15, 0.2) is 11.6 Å². The molecule has 1 fully saturated rings. The summed E-state index contributed by atoms with van der Waals surface area (Å²) in [7, 11) is 1.58. The van der Waals surface area contributed by atoms with Crippen molar-refractivity contribution in [3.8, 4) is 0 Å². The van der Waals surface area contributed by atoms with E-state index in [2.05, 4.69) is 37.5 Å². The van der Waals surface area contributed by atoms with Gasteiger partial charge in [0.2, 0.25) is 5.95 Å². The number of alkyl halides is 1. The summed E-state index contributed by atoms with van der Waals surface area (Å²) in [5.41, 5.74) is 0.636. The summed E-state index contributed by atoms with van der Waals surface area (Å²) in [4.78, 5) is 10.1. The van der Waals surface area contributed by atoms with Gasteiger partial charge in [-0.25, -0.2) is 13.8 Å². The molecule has 1 aliphatic heterocycles. The molecule has 0 saturated carbocycles. The smallest absolute Gasteiger partial charge is 0.229 e. The van der Waals surface area contributed by atoms with Crippen molar-refractivity contribution >= 4 is 17.5 Å². The van der Waals surface area contributed by atoms with Crippen LogP contribution >= 0.6 is 0 Å². The topological polar surface area (TPSA) is 70.9 Å². The van der Waals surface area contributed by atoms with E-state index in [1.165, 1.54) is 0 Å². The predicted octanol–water partition coefficient (Wildman–Crippen LogP) is 2.59. The molecular weight excluding hydrogens is 328 g/mol. The molecule has 3 rings (SSSR count). The molecule has 0 amide bonds. The van der Waals surface area contributed by atoms with Crippen molar-refractivity contribution in [1.29, 1.82) is 0 Å². The van der Waals surface area contributed by atoms with Crippen LogP contribution in [0.2, 0.25) is 0 Å². The third-order valence-electron chi connectivity index (χ3n) is 4.31. The van der Waals surface area contributed by atoms with E-state index in [1.807, 2.05) is 0 Å². The van der Waals surface area contributed by atoms with Crippen molar-refractivity contribution in [2.45, 2.75) is 32.0 Å². The van der Waals surface area contributed by atoms with E-state index < -0.39 is 12.0 Å². The van der Waals surface area contributed by atoms with E-state index in [1.54, 1.807) is 24.1 Å². The average molecular weight is 351 g/mol. The predicted molar refractivity (Wildman–Crippen MR) is 92.3 cm³/mol. The number of nitrogens with one attached hydrogen (secondary N) is 2. The molecule has 0 radical (unpaired) electrons. The first-order valence-corrected chi connectivity index (χ1v) is 8.48. The highest BCUT2D eigenvalue weighted by atomic mass is 19.1. The fourth-order valence-electron chi connectivity index (χ4n) is 3.09. The van der Waals surface area contributed by atoms with E-state index in [0.717, 1.165) is 32.1 Å². The van der Waals surface area contributed by atoms with Crippen LogP contribution < -0.4 is 10.6 Å². The van der Waals surface area contributed by atoms with E-state index in [9.17, 15) is 8.78 Å². The molecule has 2 N–H and O–H groups in total. The van der Waals surface area contributed by atoms with Crippen molar-refractivity contribution in [2.75, 3.05) is 37.3 Å². The van der Waals surface area contributed by atoms with Crippen LogP contribution in [0.15, 0.2) is 18.6 Å². The second-order valence-corrected chi connectivity index (χ2v) is 6.15. The van der Waals surface area contributed by atoms with Gasteiger partial charge in [0, 0.05) is 26.3 Å². The summed E-state index contributed by atoms with van der Waals surface area (Å²) >= 11 is 0. The van der Waals surface area contributed by atoms with Gasteiger partial charge in [-0.2, -0.15) is 10.1 Å². The van der Waals surface area contributed by atoms with Gasteiger partial charge >= 0.3 is 0 Å². The number of likely N-dealkylation sites (tertiary alicyclic amines) is 1. The standard InChI is InChI=1S/C16H23F2N7/c1-3-5-24-6-4-14(13(18)10-24)25-9-11(7-21-25)22-16-20-8-12(17)15(19-2)23-16/h7-9,13-14H,3-6,10H2,1-2H3,(H2,19,20,22,23)/t13-,14-/m1/s1. The SMILES string of the molecule is CCCN1CC[C@@H](n2cc(Nc3ncc(F)c(NC)n3)cn2)[C@H](F)C1. The molecule has 7 nitrogen and oxygen atoms in total. The summed E-state index contributed by atoms with van der Waals surface area (Å²) in [6.45, 7) is 4.33. The molecule has 1 saturated heterocycles.